The predicted molar refractivity (Wildman–Crippen MR) is 75.7 cm³/mol. The van der Waals surface area contributed by atoms with E-state index in [0.29, 0.717) is 5.69 Å². The lowest BCUT2D eigenvalue weighted by Crippen LogP contribution is -2.26. The lowest BCUT2D eigenvalue weighted by atomic mass is 10.0. The highest BCUT2D eigenvalue weighted by Crippen LogP contribution is 2.22. The molecule has 1 rings (SSSR count). The van der Waals surface area contributed by atoms with E-state index in [-0.39, 0.29) is 11.2 Å². The van der Waals surface area contributed by atoms with Crippen LogP contribution in [0.1, 0.15) is 26.3 Å². The molecule has 1 aromatic rings. The van der Waals surface area contributed by atoms with Crippen molar-refractivity contribution < 1.29 is 8.42 Å². The van der Waals surface area contributed by atoms with E-state index in [4.69, 9.17) is 0 Å². The molecule has 0 unspecified atom stereocenters. The summed E-state index contributed by atoms with van der Waals surface area (Å²) in [6, 6.07) is 5.39. The SMILES string of the molecule is Cc1cc(NS(=O)(=O)CC(C)(C)C)ccc1Br. The highest BCUT2D eigenvalue weighted by Gasteiger charge is 2.21. The first-order chi connectivity index (χ1) is 7.59. The maximum absolute atomic E-state index is 11.9. The van der Waals surface area contributed by atoms with Gasteiger partial charge in [0.05, 0.1) is 5.75 Å². The third kappa shape index (κ3) is 5.08. The molecule has 17 heavy (non-hydrogen) atoms. The zero-order valence-corrected chi connectivity index (χ0v) is 12.9. The molecule has 0 aliphatic rings. The topological polar surface area (TPSA) is 46.2 Å². The first kappa shape index (κ1) is 14.5. The van der Waals surface area contributed by atoms with E-state index in [1.54, 1.807) is 6.07 Å². The molecule has 0 heterocycles. The summed E-state index contributed by atoms with van der Waals surface area (Å²) in [5.41, 5.74) is 1.35. The number of anilines is 1. The third-order valence-electron chi connectivity index (χ3n) is 2.05. The van der Waals surface area contributed by atoms with Crippen molar-refractivity contribution >= 4 is 31.6 Å². The Bertz CT molecular complexity index is 504. The van der Waals surface area contributed by atoms with Crippen LogP contribution in [0.25, 0.3) is 0 Å². The van der Waals surface area contributed by atoms with Crippen LogP contribution in [-0.2, 0) is 10.0 Å². The van der Waals surface area contributed by atoms with E-state index < -0.39 is 10.0 Å². The Balaban J connectivity index is 2.87. The average Bonchev–Trinajstić information content (AvgIpc) is 2.06. The maximum Gasteiger partial charge on any atom is 0.233 e. The van der Waals surface area contributed by atoms with E-state index >= 15 is 0 Å². The van der Waals surface area contributed by atoms with E-state index in [1.807, 2.05) is 39.8 Å². The molecule has 0 saturated heterocycles. The first-order valence-corrected chi connectivity index (χ1v) is 7.80. The summed E-state index contributed by atoms with van der Waals surface area (Å²) in [4.78, 5) is 0. The second-order valence-electron chi connectivity index (χ2n) is 5.39. The van der Waals surface area contributed by atoms with Crippen molar-refractivity contribution in [3.8, 4) is 0 Å². The quantitative estimate of drug-likeness (QED) is 0.926. The van der Waals surface area contributed by atoms with Gasteiger partial charge in [0.15, 0.2) is 0 Å². The van der Waals surface area contributed by atoms with Crippen LogP contribution in [0.3, 0.4) is 0 Å². The highest BCUT2D eigenvalue weighted by molar-refractivity contribution is 9.10. The number of sulfonamides is 1. The Hall–Kier alpha value is -0.550. The molecular weight excluding hydrogens is 302 g/mol. The minimum absolute atomic E-state index is 0.106. The second kappa shape index (κ2) is 4.98. The van der Waals surface area contributed by atoms with E-state index in [9.17, 15) is 8.42 Å². The summed E-state index contributed by atoms with van der Waals surface area (Å²) in [6.07, 6.45) is 0. The number of benzene rings is 1. The molecule has 5 heteroatoms. The van der Waals surface area contributed by atoms with Crippen LogP contribution >= 0.6 is 15.9 Å². The van der Waals surface area contributed by atoms with E-state index in [0.717, 1.165) is 10.0 Å². The van der Waals surface area contributed by atoms with Crippen LogP contribution in [-0.4, -0.2) is 14.2 Å². The highest BCUT2D eigenvalue weighted by atomic mass is 79.9. The van der Waals surface area contributed by atoms with Crippen LogP contribution in [0.15, 0.2) is 22.7 Å². The fourth-order valence-electron chi connectivity index (χ4n) is 1.49. The molecular formula is C12H18BrNO2S. The van der Waals surface area contributed by atoms with Crippen molar-refractivity contribution in [3.05, 3.63) is 28.2 Å². The van der Waals surface area contributed by atoms with Crippen molar-refractivity contribution in [2.75, 3.05) is 10.5 Å². The molecule has 1 N–H and O–H groups in total. The van der Waals surface area contributed by atoms with Crippen molar-refractivity contribution in [3.63, 3.8) is 0 Å². The molecule has 0 aliphatic carbocycles. The van der Waals surface area contributed by atoms with Crippen LogP contribution < -0.4 is 4.72 Å². The van der Waals surface area contributed by atoms with Crippen LogP contribution in [0.4, 0.5) is 5.69 Å². The van der Waals surface area contributed by atoms with Crippen molar-refractivity contribution in [2.45, 2.75) is 27.7 Å². The zero-order chi connectivity index (χ0) is 13.3. The molecule has 1 aromatic carbocycles. The number of nitrogens with one attached hydrogen (secondary N) is 1. The van der Waals surface area contributed by atoms with Crippen molar-refractivity contribution in [1.82, 2.24) is 0 Å². The van der Waals surface area contributed by atoms with Gasteiger partial charge in [0.1, 0.15) is 0 Å². The molecule has 0 atom stereocenters. The monoisotopic (exact) mass is 319 g/mol. The Kier molecular flexibility index (Phi) is 4.25. The Labute approximate surface area is 112 Å². The molecule has 0 fully saturated rings. The minimum Gasteiger partial charge on any atom is -0.284 e. The van der Waals surface area contributed by atoms with Gasteiger partial charge in [0, 0.05) is 10.2 Å². The predicted octanol–water partition coefficient (Wildman–Crippen LogP) is 3.55. The fourth-order valence-corrected chi connectivity index (χ4v) is 3.44. The largest absolute Gasteiger partial charge is 0.284 e. The molecule has 0 aromatic heterocycles. The maximum atomic E-state index is 11.9. The molecule has 0 amide bonds. The van der Waals surface area contributed by atoms with E-state index in [1.165, 1.54) is 0 Å². The number of hydrogen-bond acceptors (Lipinski definition) is 2. The summed E-state index contributed by atoms with van der Waals surface area (Å²) < 4.78 is 27.3. The minimum atomic E-state index is -3.29. The number of aryl methyl sites for hydroxylation is 1. The van der Waals surface area contributed by atoms with Crippen molar-refractivity contribution in [1.29, 1.82) is 0 Å². The number of halogens is 1. The van der Waals surface area contributed by atoms with Gasteiger partial charge in [0.2, 0.25) is 10.0 Å². The number of hydrogen-bond donors (Lipinski definition) is 1. The van der Waals surface area contributed by atoms with Gasteiger partial charge in [-0.1, -0.05) is 36.7 Å². The summed E-state index contributed by atoms with van der Waals surface area (Å²) in [5, 5.41) is 0. The standard InChI is InChI=1S/C12H18BrNO2S/c1-9-7-10(5-6-11(9)13)14-17(15,16)8-12(2,3)4/h5-7,14H,8H2,1-4H3. The average molecular weight is 320 g/mol. The fraction of sp³-hybridized carbons (Fsp3) is 0.500. The lowest BCUT2D eigenvalue weighted by molar-refractivity contribution is 0.463. The first-order valence-electron chi connectivity index (χ1n) is 5.36. The Morgan fingerprint density at radius 2 is 1.88 bits per heavy atom. The summed E-state index contributed by atoms with van der Waals surface area (Å²) in [5.74, 6) is 0.106. The van der Waals surface area contributed by atoms with Crippen LogP contribution in [0, 0.1) is 12.3 Å². The molecule has 0 spiro atoms. The molecule has 0 radical (unpaired) electrons. The van der Waals surface area contributed by atoms with Gasteiger partial charge in [-0.2, -0.15) is 0 Å². The van der Waals surface area contributed by atoms with Crippen LogP contribution in [0.5, 0.6) is 0 Å². The number of rotatable bonds is 3. The van der Waals surface area contributed by atoms with Gasteiger partial charge in [-0.15, -0.1) is 0 Å². The molecule has 96 valence electrons. The van der Waals surface area contributed by atoms with Gasteiger partial charge in [-0.25, -0.2) is 8.42 Å². The van der Waals surface area contributed by atoms with Crippen LogP contribution in [0.2, 0.25) is 0 Å². The molecule has 0 saturated carbocycles. The smallest absolute Gasteiger partial charge is 0.233 e. The van der Waals surface area contributed by atoms with Gasteiger partial charge in [-0.3, -0.25) is 4.72 Å². The summed E-state index contributed by atoms with van der Waals surface area (Å²) >= 11 is 3.38. The van der Waals surface area contributed by atoms with Gasteiger partial charge in [0.25, 0.3) is 0 Å². The summed E-state index contributed by atoms with van der Waals surface area (Å²) in [6.45, 7) is 7.63. The van der Waals surface area contributed by atoms with Gasteiger partial charge >= 0.3 is 0 Å². The van der Waals surface area contributed by atoms with Crippen molar-refractivity contribution in [2.24, 2.45) is 5.41 Å². The molecule has 0 aliphatic heterocycles. The second-order valence-corrected chi connectivity index (χ2v) is 7.96. The zero-order valence-electron chi connectivity index (χ0n) is 10.5. The molecule has 0 bridgehead atoms. The summed E-state index contributed by atoms with van der Waals surface area (Å²) in [7, 11) is -3.29. The normalized spacial score (nSPS) is 12.5. The Morgan fingerprint density at radius 3 is 2.35 bits per heavy atom. The lowest BCUT2D eigenvalue weighted by Gasteiger charge is -2.19. The van der Waals surface area contributed by atoms with Gasteiger partial charge < -0.3 is 0 Å². The van der Waals surface area contributed by atoms with Gasteiger partial charge in [-0.05, 0) is 36.1 Å². The third-order valence-corrected chi connectivity index (χ3v) is 4.74. The molecule has 3 nitrogen and oxygen atoms in total. The van der Waals surface area contributed by atoms with E-state index in [2.05, 4.69) is 20.7 Å². The Morgan fingerprint density at radius 1 is 1.29 bits per heavy atom.